The van der Waals surface area contributed by atoms with E-state index >= 15 is 0 Å². The lowest BCUT2D eigenvalue weighted by molar-refractivity contribution is 0.979. The zero-order chi connectivity index (χ0) is 8.88. The molecule has 4 heteroatoms. The molecule has 0 atom stereocenters. The summed E-state index contributed by atoms with van der Waals surface area (Å²) >= 11 is 1.59. The number of anilines is 2. The van der Waals surface area contributed by atoms with E-state index in [0.717, 1.165) is 21.9 Å². The van der Waals surface area contributed by atoms with E-state index in [1.165, 1.54) is 4.70 Å². The number of nitrogen functional groups attached to an aromatic ring is 2. The number of thiophene rings is 1. The lowest BCUT2D eigenvalue weighted by Gasteiger charge is -1.98. The minimum atomic E-state index is 0.791. The van der Waals surface area contributed by atoms with Gasteiger partial charge in [-0.15, -0.1) is 11.3 Å². The molecule has 2 aromatic rings. The number of fused-ring (bicyclic) bond motifs is 1. The highest BCUT2D eigenvalue weighted by atomic mass is 32.1. The van der Waals surface area contributed by atoms with E-state index < -0.39 is 0 Å². The van der Waals surface area contributed by atoms with E-state index in [-0.39, 0.29) is 0 Å². The Morgan fingerprint density at radius 1 is 1.42 bits per heavy atom. The van der Waals surface area contributed by atoms with Crippen LogP contribution >= 0.6 is 11.3 Å². The second kappa shape index (κ2) is 2.17. The summed E-state index contributed by atoms with van der Waals surface area (Å²) in [6.45, 7) is 2.02. The van der Waals surface area contributed by atoms with Crippen molar-refractivity contribution in [1.29, 1.82) is 0 Å². The molecule has 2 heterocycles. The molecule has 0 spiro atoms. The number of aryl methyl sites for hydroxylation is 2. The molecule has 3 nitrogen and oxygen atoms in total. The minimum absolute atomic E-state index is 0.791. The van der Waals surface area contributed by atoms with Crippen molar-refractivity contribution in [3.8, 4) is 0 Å². The van der Waals surface area contributed by atoms with Crippen LogP contribution < -0.4 is 11.5 Å². The lowest BCUT2D eigenvalue weighted by atomic mass is 10.3. The number of rotatable bonds is 0. The smallest absolute Gasteiger partial charge is 0.104 e. The first-order valence-corrected chi connectivity index (χ1v) is 4.52. The van der Waals surface area contributed by atoms with Gasteiger partial charge in [0, 0.05) is 12.6 Å². The predicted octanol–water partition coefficient (Wildman–Crippen LogP) is 1.71. The van der Waals surface area contributed by atoms with Crippen LogP contribution in [0.4, 0.5) is 10.8 Å². The van der Waals surface area contributed by atoms with Crippen molar-refractivity contribution in [3.63, 3.8) is 0 Å². The molecule has 2 rings (SSSR count). The maximum atomic E-state index is 5.78. The molecule has 0 amide bonds. The zero-order valence-electron chi connectivity index (χ0n) is 7.09. The number of nitrogens with zero attached hydrogens (tertiary/aromatic N) is 1. The fraction of sp³-hybridized carbons (Fsp3) is 0.250. The van der Waals surface area contributed by atoms with E-state index in [0.29, 0.717) is 0 Å². The number of aromatic nitrogens is 1. The highest BCUT2D eigenvalue weighted by molar-refractivity contribution is 7.22. The quantitative estimate of drug-likeness (QED) is 0.650. The normalized spacial score (nSPS) is 11.2. The first-order chi connectivity index (χ1) is 5.61. The Kier molecular flexibility index (Phi) is 1.35. The third-order valence-corrected chi connectivity index (χ3v) is 3.24. The largest absolute Gasteiger partial charge is 0.390 e. The molecule has 12 heavy (non-hydrogen) atoms. The molecule has 0 saturated heterocycles. The van der Waals surface area contributed by atoms with Gasteiger partial charge in [-0.25, -0.2) is 0 Å². The Morgan fingerprint density at radius 3 is 2.67 bits per heavy atom. The molecule has 2 aromatic heterocycles. The molecule has 0 aliphatic heterocycles. The van der Waals surface area contributed by atoms with Crippen LogP contribution in [-0.2, 0) is 7.05 Å². The second-order valence-corrected chi connectivity index (χ2v) is 4.02. The van der Waals surface area contributed by atoms with Crippen molar-refractivity contribution < 1.29 is 0 Å². The summed E-state index contributed by atoms with van der Waals surface area (Å²) in [5, 5.41) is 0.885. The Labute approximate surface area is 74.6 Å². The average molecular weight is 181 g/mol. The minimum Gasteiger partial charge on any atom is -0.390 e. The molecule has 0 radical (unpaired) electrons. The van der Waals surface area contributed by atoms with Gasteiger partial charge in [-0.05, 0) is 13.0 Å². The summed E-state index contributed by atoms with van der Waals surface area (Å²) in [5.74, 6) is 0.791. The molecule has 0 aliphatic carbocycles. The standard InChI is InChI=1S/C8H11N3S/c1-4-7-5(12-8(4)10)3-6(9)11(7)2/h3H,9-10H2,1-2H3. The van der Waals surface area contributed by atoms with Crippen LogP contribution in [0.25, 0.3) is 10.2 Å². The van der Waals surface area contributed by atoms with Gasteiger partial charge >= 0.3 is 0 Å². The predicted molar refractivity (Wildman–Crippen MR) is 54.4 cm³/mol. The molecule has 0 unspecified atom stereocenters. The third kappa shape index (κ3) is 0.754. The van der Waals surface area contributed by atoms with E-state index in [2.05, 4.69) is 0 Å². The van der Waals surface area contributed by atoms with Gasteiger partial charge in [0.1, 0.15) is 5.82 Å². The summed E-state index contributed by atoms with van der Waals surface area (Å²) in [6.07, 6.45) is 0. The molecule has 4 N–H and O–H groups in total. The first kappa shape index (κ1) is 7.49. The van der Waals surface area contributed by atoms with Crippen molar-refractivity contribution in [2.24, 2.45) is 7.05 Å². The second-order valence-electron chi connectivity index (χ2n) is 2.93. The van der Waals surface area contributed by atoms with Crippen molar-refractivity contribution in [2.75, 3.05) is 11.5 Å². The summed E-state index contributed by atoms with van der Waals surface area (Å²) in [6, 6.07) is 1.96. The molecule has 64 valence electrons. The molecule has 0 fully saturated rings. The molecule has 0 saturated carbocycles. The average Bonchev–Trinajstić information content (AvgIpc) is 2.40. The number of hydrogen-bond donors (Lipinski definition) is 2. The zero-order valence-corrected chi connectivity index (χ0v) is 7.90. The maximum absolute atomic E-state index is 5.78. The van der Waals surface area contributed by atoms with Crippen LogP contribution in [0, 0.1) is 6.92 Å². The number of hydrogen-bond acceptors (Lipinski definition) is 3. The highest BCUT2D eigenvalue weighted by Crippen LogP contribution is 2.35. The van der Waals surface area contributed by atoms with Crippen LogP contribution in [0.3, 0.4) is 0 Å². The van der Waals surface area contributed by atoms with Gasteiger partial charge in [-0.3, -0.25) is 0 Å². The van der Waals surface area contributed by atoms with Crippen LogP contribution in [-0.4, -0.2) is 4.57 Å². The van der Waals surface area contributed by atoms with E-state index in [1.807, 2.05) is 24.6 Å². The van der Waals surface area contributed by atoms with Gasteiger partial charge in [0.05, 0.1) is 15.2 Å². The lowest BCUT2D eigenvalue weighted by Crippen LogP contribution is -1.95. The molecule has 0 aliphatic rings. The topological polar surface area (TPSA) is 57.0 Å². The van der Waals surface area contributed by atoms with E-state index in [9.17, 15) is 0 Å². The Hall–Kier alpha value is -1.16. The van der Waals surface area contributed by atoms with Crippen molar-refractivity contribution >= 4 is 32.4 Å². The molecule has 0 aromatic carbocycles. The van der Waals surface area contributed by atoms with Crippen molar-refractivity contribution in [3.05, 3.63) is 11.6 Å². The first-order valence-electron chi connectivity index (χ1n) is 3.71. The van der Waals surface area contributed by atoms with Gasteiger partial charge in [-0.2, -0.15) is 0 Å². The summed E-state index contributed by atoms with van der Waals surface area (Å²) in [7, 11) is 1.96. The van der Waals surface area contributed by atoms with Crippen molar-refractivity contribution in [1.82, 2.24) is 4.57 Å². The van der Waals surface area contributed by atoms with Crippen molar-refractivity contribution in [2.45, 2.75) is 6.92 Å². The van der Waals surface area contributed by atoms with Gasteiger partial charge in [0.25, 0.3) is 0 Å². The van der Waals surface area contributed by atoms with E-state index in [1.54, 1.807) is 11.3 Å². The van der Waals surface area contributed by atoms with Gasteiger partial charge in [0.2, 0.25) is 0 Å². The molecular formula is C8H11N3S. The summed E-state index contributed by atoms with van der Waals surface area (Å²) in [4.78, 5) is 0. The van der Waals surface area contributed by atoms with Crippen LogP contribution in [0.5, 0.6) is 0 Å². The Bertz CT molecular complexity index is 401. The third-order valence-electron chi connectivity index (χ3n) is 2.18. The van der Waals surface area contributed by atoms with Gasteiger partial charge in [0.15, 0.2) is 0 Å². The maximum Gasteiger partial charge on any atom is 0.104 e. The summed E-state index contributed by atoms with van der Waals surface area (Å²) in [5.41, 5.74) is 13.8. The van der Waals surface area contributed by atoms with Crippen LogP contribution in [0.2, 0.25) is 0 Å². The summed E-state index contributed by atoms with van der Waals surface area (Å²) < 4.78 is 3.14. The fourth-order valence-corrected chi connectivity index (χ4v) is 2.47. The van der Waals surface area contributed by atoms with E-state index in [4.69, 9.17) is 11.5 Å². The monoisotopic (exact) mass is 181 g/mol. The molecule has 0 bridgehead atoms. The van der Waals surface area contributed by atoms with Crippen LogP contribution in [0.15, 0.2) is 6.07 Å². The Morgan fingerprint density at radius 2 is 2.08 bits per heavy atom. The highest BCUT2D eigenvalue weighted by Gasteiger charge is 2.10. The van der Waals surface area contributed by atoms with Gasteiger partial charge in [-0.1, -0.05) is 0 Å². The van der Waals surface area contributed by atoms with Crippen LogP contribution in [0.1, 0.15) is 5.56 Å². The molecular weight excluding hydrogens is 170 g/mol. The Balaban J connectivity index is 2.94. The number of nitrogens with two attached hydrogens (primary N) is 2. The van der Waals surface area contributed by atoms with Gasteiger partial charge < -0.3 is 16.0 Å². The fourth-order valence-electron chi connectivity index (χ4n) is 1.42. The SMILES string of the molecule is Cc1c(N)sc2cc(N)n(C)c12.